The summed E-state index contributed by atoms with van der Waals surface area (Å²) in [7, 11) is 0. The van der Waals surface area contributed by atoms with Gasteiger partial charge in [-0.3, -0.25) is 9.36 Å². The third-order valence-corrected chi connectivity index (χ3v) is 5.67. The van der Waals surface area contributed by atoms with Gasteiger partial charge in [0.1, 0.15) is 5.54 Å². The molecule has 2 aromatic heterocycles. The molecule has 3 heterocycles. The van der Waals surface area contributed by atoms with E-state index in [0.29, 0.717) is 5.56 Å². The molecule has 28 heavy (non-hydrogen) atoms. The molecule has 3 amide bonds. The zero-order valence-corrected chi connectivity index (χ0v) is 16.5. The fourth-order valence-corrected chi connectivity index (χ4v) is 4.11. The predicted molar refractivity (Wildman–Crippen MR) is 108 cm³/mol. The largest absolute Gasteiger partial charge is 0.346 e. The predicted octanol–water partition coefficient (Wildman–Crippen LogP) is 3.35. The summed E-state index contributed by atoms with van der Waals surface area (Å²) < 4.78 is 2.02. The number of aromatic nitrogens is 2. The van der Waals surface area contributed by atoms with Gasteiger partial charge in [0.2, 0.25) is 0 Å². The average Bonchev–Trinajstić information content (AvgIpc) is 3.35. The number of amides is 3. The molecule has 1 fully saturated rings. The number of carbonyl (C=O) groups excluding carboxylic acids is 2. The molecular weight excluding hydrogens is 374 g/mol. The molecule has 0 radical (unpaired) electrons. The van der Waals surface area contributed by atoms with Crippen molar-refractivity contribution in [2.45, 2.75) is 26.3 Å². The SMILES string of the molecule is Cc1cc(/C=N\N2C(=O)N[C@](C)(c3ccccc3)C2=O)c(C)n1-c1nccs1. The van der Waals surface area contributed by atoms with Gasteiger partial charge in [-0.2, -0.15) is 5.10 Å². The third kappa shape index (κ3) is 2.82. The lowest BCUT2D eigenvalue weighted by molar-refractivity contribution is -0.131. The third-order valence-electron chi connectivity index (χ3n) is 4.91. The number of rotatable bonds is 4. The molecule has 8 heteroatoms. The van der Waals surface area contributed by atoms with Crippen LogP contribution in [0.2, 0.25) is 0 Å². The first-order valence-electron chi connectivity index (χ1n) is 8.77. The van der Waals surface area contributed by atoms with Crippen molar-refractivity contribution in [3.63, 3.8) is 0 Å². The van der Waals surface area contributed by atoms with Crippen LogP contribution in [0, 0.1) is 13.8 Å². The van der Waals surface area contributed by atoms with Crippen molar-refractivity contribution >= 4 is 29.5 Å². The molecule has 0 spiro atoms. The molecule has 0 unspecified atom stereocenters. The monoisotopic (exact) mass is 393 g/mol. The number of carbonyl (C=O) groups is 2. The highest BCUT2D eigenvalue weighted by Gasteiger charge is 2.49. The standard InChI is InChI=1S/C20H19N5O2S/c1-13-11-15(14(2)24(13)19-21-9-10-28-19)12-22-25-17(26)20(3,23-18(25)27)16-7-5-4-6-8-16/h4-12H,1-3H3,(H,23,27)/b22-12-/t20-/m1/s1. The van der Waals surface area contributed by atoms with Gasteiger partial charge in [0, 0.05) is 28.5 Å². The van der Waals surface area contributed by atoms with E-state index in [1.54, 1.807) is 19.3 Å². The number of imide groups is 1. The Hall–Kier alpha value is -3.26. The highest BCUT2D eigenvalue weighted by atomic mass is 32.1. The second kappa shape index (κ2) is 6.72. The number of urea groups is 1. The van der Waals surface area contributed by atoms with E-state index < -0.39 is 17.5 Å². The minimum Gasteiger partial charge on any atom is -0.318 e. The number of aryl methyl sites for hydroxylation is 1. The normalized spacial score (nSPS) is 19.6. The fraction of sp³-hybridized carbons (Fsp3) is 0.200. The summed E-state index contributed by atoms with van der Waals surface area (Å²) >= 11 is 1.54. The number of hydrazone groups is 1. The van der Waals surface area contributed by atoms with E-state index in [9.17, 15) is 9.59 Å². The molecule has 3 aromatic rings. The van der Waals surface area contributed by atoms with Gasteiger partial charge < -0.3 is 5.32 Å². The molecule has 4 rings (SSSR count). The van der Waals surface area contributed by atoms with E-state index in [1.807, 2.05) is 60.2 Å². The number of hydrogen-bond acceptors (Lipinski definition) is 5. The van der Waals surface area contributed by atoms with Crippen LogP contribution in [0.3, 0.4) is 0 Å². The summed E-state index contributed by atoms with van der Waals surface area (Å²) in [5.41, 5.74) is 2.34. The number of thiazole rings is 1. The van der Waals surface area contributed by atoms with Gasteiger partial charge in [-0.05, 0) is 32.4 Å². The van der Waals surface area contributed by atoms with Gasteiger partial charge in [0.25, 0.3) is 5.91 Å². The van der Waals surface area contributed by atoms with Crippen LogP contribution in [0.25, 0.3) is 5.13 Å². The zero-order chi connectivity index (χ0) is 19.9. The smallest absolute Gasteiger partial charge is 0.318 e. The van der Waals surface area contributed by atoms with Gasteiger partial charge in [0.05, 0.1) is 6.21 Å². The van der Waals surface area contributed by atoms with E-state index in [1.165, 1.54) is 11.3 Å². The fourth-order valence-electron chi connectivity index (χ4n) is 3.36. The quantitative estimate of drug-likeness (QED) is 0.545. The van der Waals surface area contributed by atoms with Crippen molar-refractivity contribution in [1.82, 2.24) is 19.9 Å². The summed E-state index contributed by atoms with van der Waals surface area (Å²) in [6.45, 7) is 5.62. The Balaban J connectivity index is 1.63. The highest BCUT2D eigenvalue weighted by Crippen LogP contribution is 2.29. The summed E-state index contributed by atoms with van der Waals surface area (Å²) in [5, 5.41) is 10.6. The number of benzene rings is 1. The summed E-state index contributed by atoms with van der Waals surface area (Å²) in [4.78, 5) is 29.7. The van der Waals surface area contributed by atoms with E-state index >= 15 is 0 Å². The van der Waals surface area contributed by atoms with Crippen LogP contribution in [-0.4, -0.2) is 32.7 Å². The van der Waals surface area contributed by atoms with Crippen LogP contribution in [0.5, 0.6) is 0 Å². The molecule has 7 nitrogen and oxygen atoms in total. The second-order valence-electron chi connectivity index (χ2n) is 6.76. The summed E-state index contributed by atoms with van der Waals surface area (Å²) in [5.74, 6) is -0.409. The molecule has 0 bridgehead atoms. The Morgan fingerprint density at radius 2 is 1.96 bits per heavy atom. The van der Waals surface area contributed by atoms with Gasteiger partial charge in [-0.15, -0.1) is 16.3 Å². The minimum absolute atomic E-state index is 0.409. The average molecular weight is 393 g/mol. The highest BCUT2D eigenvalue weighted by molar-refractivity contribution is 7.12. The van der Waals surface area contributed by atoms with Crippen LogP contribution >= 0.6 is 11.3 Å². The van der Waals surface area contributed by atoms with Crippen LogP contribution in [0.1, 0.15) is 29.4 Å². The van der Waals surface area contributed by atoms with Crippen molar-refractivity contribution in [1.29, 1.82) is 0 Å². The van der Waals surface area contributed by atoms with E-state index in [2.05, 4.69) is 15.4 Å². The van der Waals surface area contributed by atoms with Crippen LogP contribution in [0.4, 0.5) is 4.79 Å². The molecule has 0 saturated carbocycles. The molecule has 1 aliphatic rings. The molecule has 0 aliphatic carbocycles. The first-order chi connectivity index (χ1) is 13.4. The lowest BCUT2D eigenvalue weighted by atomic mass is 9.92. The summed E-state index contributed by atoms with van der Waals surface area (Å²) in [6.07, 6.45) is 3.30. The van der Waals surface area contributed by atoms with Crippen LogP contribution in [0.15, 0.2) is 53.1 Å². The molecule has 1 atom stereocenters. The first kappa shape index (κ1) is 18.1. The van der Waals surface area contributed by atoms with E-state index in [0.717, 1.165) is 27.1 Å². The first-order valence-corrected chi connectivity index (χ1v) is 9.65. The number of nitrogens with zero attached hydrogens (tertiary/aromatic N) is 4. The molecule has 1 N–H and O–H groups in total. The Morgan fingerprint density at radius 3 is 2.64 bits per heavy atom. The number of nitrogens with one attached hydrogen (secondary N) is 1. The Labute approximate surface area is 166 Å². The van der Waals surface area contributed by atoms with Gasteiger partial charge in [0.15, 0.2) is 5.13 Å². The summed E-state index contributed by atoms with van der Waals surface area (Å²) in [6, 6.07) is 10.6. The maximum Gasteiger partial charge on any atom is 0.346 e. The van der Waals surface area contributed by atoms with Crippen molar-refractivity contribution in [3.05, 3.63) is 70.5 Å². The number of hydrogen-bond donors (Lipinski definition) is 1. The van der Waals surface area contributed by atoms with E-state index in [4.69, 9.17) is 0 Å². The van der Waals surface area contributed by atoms with Gasteiger partial charge in [-0.1, -0.05) is 30.3 Å². The van der Waals surface area contributed by atoms with Crippen molar-refractivity contribution in [2.75, 3.05) is 0 Å². The lowest BCUT2D eigenvalue weighted by Crippen LogP contribution is -2.40. The molecule has 1 saturated heterocycles. The topological polar surface area (TPSA) is 79.6 Å². The van der Waals surface area contributed by atoms with Crippen molar-refractivity contribution in [2.24, 2.45) is 5.10 Å². The maximum absolute atomic E-state index is 12.9. The zero-order valence-electron chi connectivity index (χ0n) is 15.7. The van der Waals surface area contributed by atoms with Gasteiger partial charge >= 0.3 is 6.03 Å². The van der Waals surface area contributed by atoms with Crippen LogP contribution < -0.4 is 5.32 Å². The Morgan fingerprint density at radius 1 is 1.21 bits per heavy atom. The van der Waals surface area contributed by atoms with Crippen LogP contribution in [-0.2, 0) is 10.3 Å². The lowest BCUT2D eigenvalue weighted by Gasteiger charge is -2.20. The molecule has 1 aromatic carbocycles. The van der Waals surface area contributed by atoms with Crippen molar-refractivity contribution in [3.8, 4) is 5.13 Å². The Kier molecular flexibility index (Phi) is 4.35. The second-order valence-corrected chi connectivity index (χ2v) is 7.63. The maximum atomic E-state index is 12.9. The molecule has 142 valence electrons. The van der Waals surface area contributed by atoms with Crippen molar-refractivity contribution < 1.29 is 9.59 Å². The molecule has 1 aliphatic heterocycles. The minimum atomic E-state index is -1.13. The van der Waals surface area contributed by atoms with E-state index in [-0.39, 0.29) is 0 Å². The molecular formula is C20H19N5O2S. The Bertz CT molecular complexity index is 1070. The van der Waals surface area contributed by atoms with Gasteiger partial charge in [-0.25, -0.2) is 9.78 Å².